The Bertz CT molecular complexity index is 176. The Morgan fingerprint density at radius 2 is 2.00 bits per heavy atom. The molecular formula is C8H14O4. The molecule has 4 heteroatoms. The third kappa shape index (κ3) is 2.62. The van der Waals surface area contributed by atoms with E-state index in [0.717, 1.165) is 0 Å². The topological polar surface area (TPSA) is 63.6 Å². The van der Waals surface area contributed by atoms with E-state index in [-0.39, 0.29) is 5.78 Å². The Morgan fingerprint density at radius 1 is 1.50 bits per heavy atom. The van der Waals surface area contributed by atoms with Gasteiger partial charge in [-0.3, -0.25) is 4.79 Å². The Hall–Kier alpha value is -0.900. The minimum absolute atomic E-state index is 0.199. The molecule has 0 aromatic heterocycles. The molecule has 0 aromatic carbocycles. The number of aliphatic hydroxyl groups is 1. The molecule has 0 spiro atoms. The number of carbonyl (C=O) groups is 2. The van der Waals surface area contributed by atoms with Crippen LogP contribution >= 0.6 is 0 Å². The van der Waals surface area contributed by atoms with Gasteiger partial charge in [0.1, 0.15) is 5.78 Å². The van der Waals surface area contributed by atoms with Crippen LogP contribution in [0.3, 0.4) is 0 Å². The van der Waals surface area contributed by atoms with Crippen molar-refractivity contribution in [2.24, 2.45) is 5.92 Å². The van der Waals surface area contributed by atoms with Crippen LogP contribution in [0.15, 0.2) is 0 Å². The number of carbonyl (C=O) groups excluding carboxylic acids is 2. The molecule has 0 saturated heterocycles. The van der Waals surface area contributed by atoms with Gasteiger partial charge in [0.15, 0.2) is 6.10 Å². The summed E-state index contributed by atoms with van der Waals surface area (Å²) in [5, 5.41) is 9.25. The van der Waals surface area contributed by atoms with Gasteiger partial charge in [-0.15, -0.1) is 0 Å². The maximum absolute atomic E-state index is 10.9. The van der Waals surface area contributed by atoms with Crippen LogP contribution in [0.2, 0.25) is 0 Å². The first-order valence-electron chi connectivity index (χ1n) is 3.80. The van der Waals surface area contributed by atoms with Crippen molar-refractivity contribution in [1.29, 1.82) is 0 Å². The first-order chi connectivity index (χ1) is 5.54. The van der Waals surface area contributed by atoms with E-state index in [0.29, 0.717) is 6.42 Å². The molecule has 0 radical (unpaired) electrons. The van der Waals surface area contributed by atoms with Crippen molar-refractivity contribution in [3.8, 4) is 0 Å². The van der Waals surface area contributed by atoms with Crippen LogP contribution in [-0.4, -0.2) is 30.1 Å². The smallest absolute Gasteiger partial charge is 0.335 e. The monoisotopic (exact) mass is 174 g/mol. The predicted molar refractivity (Wildman–Crippen MR) is 42.5 cm³/mol. The van der Waals surface area contributed by atoms with E-state index in [2.05, 4.69) is 4.74 Å². The molecule has 2 unspecified atom stereocenters. The molecule has 0 aliphatic carbocycles. The summed E-state index contributed by atoms with van der Waals surface area (Å²) in [7, 11) is 1.18. The fourth-order valence-electron chi connectivity index (χ4n) is 1.02. The molecule has 0 aromatic rings. The maximum atomic E-state index is 10.9. The highest BCUT2D eigenvalue weighted by Crippen LogP contribution is 2.11. The van der Waals surface area contributed by atoms with E-state index in [4.69, 9.17) is 0 Å². The first-order valence-corrected chi connectivity index (χ1v) is 3.80. The SMILES string of the molecule is CCC(C(C)=O)C(O)C(=O)OC. The first kappa shape index (κ1) is 11.1. The highest BCUT2D eigenvalue weighted by atomic mass is 16.5. The summed E-state index contributed by atoms with van der Waals surface area (Å²) in [6.45, 7) is 3.08. The Labute approximate surface area is 71.5 Å². The molecule has 0 rings (SSSR count). The summed E-state index contributed by atoms with van der Waals surface area (Å²) >= 11 is 0. The molecule has 0 amide bonds. The molecule has 12 heavy (non-hydrogen) atoms. The highest BCUT2D eigenvalue weighted by Gasteiger charge is 2.28. The van der Waals surface area contributed by atoms with Gasteiger partial charge in [0.2, 0.25) is 0 Å². The van der Waals surface area contributed by atoms with Gasteiger partial charge in [-0.05, 0) is 13.3 Å². The van der Waals surface area contributed by atoms with Crippen molar-refractivity contribution in [3.05, 3.63) is 0 Å². The zero-order chi connectivity index (χ0) is 9.72. The van der Waals surface area contributed by atoms with Crippen LogP contribution in [0.1, 0.15) is 20.3 Å². The molecule has 0 aliphatic heterocycles. The Kier molecular flexibility index (Phi) is 4.51. The molecule has 0 saturated carbocycles. The van der Waals surface area contributed by atoms with Crippen molar-refractivity contribution >= 4 is 11.8 Å². The molecule has 70 valence electrons. The van der Waals surface area contributed by atoms with E-state index in [1.165, 1.54) is 14.0 Å². The van der Waals surface area contributed by atoms with Crippen LogP contribution in [0.5, 0.6) is 0 Å². The van der Waals surface area contributed by atoms with Crippen molar-refractivity contribution in [2.45, 2.75) is 26.4 Å². The normalized spacial score (nSPS) is 15.0. The summed E-state index contributed by atoms with van der Waals surface area (Å²) in [4.78, 5) is 21.7. The van der Waals surface area contributed by atoms with Gasteiger partial charge in [-0.25, -0.2) is 4.79 Å². The van der Waals surface area contributed by atoms with Crippen molar-refractivity contribution in [1.82, 2.24) is 0 Å². The van der Waals surface area contributed by atoms with Crippen molar-refractivity contribution in [2.75, 3.05) is 7.11 Å². The van der Waals surface area contributed by atoms with Crippen molar-refractivity contribution in [3.63, 3.8) is 0 Å². The molecule has 4 nitrogen and oxygen atoms in total. The van der Waals surface area contributed by atoms with Crippen LogP contribution in [0.25, 0.3) is 0 Å². The van der Waals surface area contributed by atoms with E-state index in [9.17, 15) is 14.7 Å². The van der Waals surface area contributed by atoms with Gasteiger partial charge in [-0.1, -0.05) is 6.92 Å². The molecule has 2 atom stereocenters. The number of hydrogen-bond acceptors (Lipinski definition) is 4. The molecule has 0 bridgehead atoms. The molecule has 0 heterocycles. The van der Waals surface area contributed by atoms with Crippen LogP contribution in [0, 0.1) is 5.92 Å². The number of Topliss-reactive ketones (excluding diaryl/α,β-unsaturated/α-hetero) is 1. The van der Waals surface area contributed by atoms with Crippen LogP contribution in [-0.2, 0) is 14.3 Å². The second kappa shape index (κ2) is 4.87. The van der Waals surface area contributed by atoms with Crippen LogP contribution in [0.4, 0.5) is 0 Å². The zero-order valence-electron chi connectivity index (χ0n) is 7.53. The fraction of sp³-hybridized carbons (Fsp3) is 0.750. The number of ether oxygens (including phenoxy) is 1. The van der Waals surface area contributed by atoms with Gasteiger partial charge < -0.3 is 9.84 Å². The lowest BCUT2D eigenvalue weighted by Crippen LogP contribution is -2.34. The summed E-state index contributed by atoms with van der Waals surface area (Å²) < 4.78 is 4.30. The number of methoxy groups -OCH3 is 1. The summed E-state index contributed by atoms with van der Waals surface area (Å²) in [6.07, 6.45) is -0.886. The summed E-state index contributed by atoms with van der Waals surface area (Å²) in [6, 6.07) is 0. The van der Waals surface area contributed by atoms with E-state index in [1.807, 2.05) is 0 Å². The van der Waals surface area contributed by atoms with E-state index in [1.54, 1.807) is 6.92 Å². The minimum Gasteiger partial charge on any atom is -0.467 e. The maximum Gasteiger partial charge on any atom is 0.335 e. The number of ketones is 1. The number of hydrogen-bond donors (Lipinski definition) is 1. The molecule has 1 N–H and O–H groups in total. The zero-order valence-corrected chi connectivity index (χ0v) is 7.53. The lowest BCUT2D eigenvalue weighted by molar-refractivity contribution is -0.156. The lowest BCUT2D eigenvalue weighted by Gasteiger charge is -2.15. The van der Waals surface area contributed by atoms with Crippen molar-refractivity contribution < 1.29 is 19.4 Å². The Balaban J connectivity index is 4.30. The average molecular weight is 174 g/mol. The quantitative estimate of drug-likeness (QED) is 0.615. The molecule has 0 fully saturated rings. The van der Waals surface area contributed by atoms with Crippen LogP contribution < -0.4 is 0 Å². The van der Waals surface area contributed by atoms with Gasteiger partial charge in [0.25, 0.3) is 0 Å². The molecule has 0 aliphatic rings. The largest absolute Gasteiger partial charge is 0.467 e. The van der Waals surface area contributed by atoms with E-state index < -0.39 is 18.0 Å². The number of aliphatic hydroxyl groups excluding tert-OH is 1. The van der Waals surface area contributed by atoms with Gasteiger partial charge in [-0.2, -0.15) is 0 Å². The van der Waals surface area contributed by atoms with E-state index >= 15 is 0 Å². The number of esters is 1. The summed E-state index contributed by atoms with van der Waals surface area (Å²) in [5.74, 6) is -1.59. The molecular weight excluding hydrogens is 160 g/mol. The van der Waals surface area contributed by atoms with Gasteiger partial charge >= 0.3 is 5.97 Å². The third-order valence-corrected chi connectivity index (χ3v) is 1.79. The predicted octanol–water partition coefficient (Wildman–Crippen LogP) is 0.136. The third-order valence-electron chi connectivity index (χ3n) is 1.79. The lowest BCUT2D eigenvalue weighted by atomic mass is 9.95. The second-order valence-corrected chi connectivity index (χ2v) is 2.59. The fourth-order valence-corrected chi connectivity index (χ4v) is 1.02. The summed E-state index contributed by atoms with van der Waals surface area (Å²) in [5.41, 5.74) is 0. The minimum atomic E-state index is -1.32. The second-order valence-electron chi connectivity index (χ2n) is 2.59. The average Bonchev–Trinajstić information content (AvgIpc) is 2.03. The van der Waals surface area contributed by atoms with Gasteiger partial charge in [0.05, 0.1) is 13.0 Å². The number of rotatable bonds is 4. The standard InChI is InChI=1S/C8H14O4/c1-4-6(5(2)9)7(10)8(11)12-3/h6-7,10H,4H2,1-3H3. The Morgan fingerprint density at radius 3 is 2.25 bits per heavy atom. The highest BCUT2D eigenvalue weighted by molar-refractivity contribution is 5.86. The van der Waals surface area contributed by atoms with Gasteiger partial charge in [0, 0.05) is 0 Å².